The van der Waals surface area contributed by atoms with Gasteiger partial charge in [-0.3, -0.25) is 9.89 Å². The predicted molar refractivity (Wildman–Crippen MR) is 108 cm³/mol. The normalized spacial score (nSPS) is 14.9. The summed E-state index contributed by atoms with van der Waals surface area (Å²) in [5.74, 6) is -0.00699. The van der Waals surface area contributed by atoms with Crippen molar-refractivity contribution in [1.82, 2.24) is 25.1 Å². The molecule has 1 aliphatic rings. The average molecular weight is 393 g/mol. The molecule has 29 heavy (non-hydrogen) atoms. The van der Waals surface area contributed by atoms with E-state index in [9.17, 15) is 9.18 Å². The maximum atomic E-state index is 13.6. The number of piperidine rings is 1. The second-order valence-electron chi connectivity index (χ2n) is 7.41. The zero-order chi connectivity index (χ0) is 20.2. The van der Waals surface area contributed by atoms with Crippen LogP contribution in [-0.4, -0.2) is 44.1 Å². The van der Waals surface area contributed by atoms with Crippen molar-refractivity contribution < 1.29 is 9.18 Å². The number of amides is 1. The molecule has 1 fully saturated rings. The maximum absolute atomic E-state index is 13.6. The number of rotatable bonds is 5. The fraction of sp³-hybridized carbons (Fsp3) is 0.364. The van der Waals surface area contributed by atoms with E-state index in [4.69, 9.17) is 0 Å². The second kappa shape index (κ2) is 8.51. The molecule has 0 unspecified atom stereocenters. The number of aromatic amines is 1. The number of nitrogens with zero attached hydrogens (tertiary/aromatic N) is 4. The fourth-order valence-electron chi connectivity index (χ4n) is 4.00. The number of carbonyl (C=O) groups is 1. The maximum Gasteiger partial charge on any atom is 0.257 e. The van der Waals surface area contributed by atoms with Gasteiger partial charge in [-0.25, -0.2) is 14.4 Å². The van der Waals surface area contributed by atoms with Crippen molar-refractivity contribution >= 4 is 5.91 Å². The van der Waals surface area contributed by atoms with E-state index in [1.807, 2.05) is 11.0 Å². The van der Waals surface area contributed by atoms with Gasteiger partial charge in [-0.1, -0.05) is 25.5 Å². The third-order valence-corrected chi connectivity index (χ3v) is 5.51. The highest BCUT2D eigenvalue weighted by Gasteiger charge is 2.28. The van der Waals surface area contributed by atoms with E-state index in [1.165, 1.54) is 18.5 Å². The van der Waals surface area contributed by atoms with E-state index in [1.54, 1.807) is 18.5 Å². The molecule has 0 radical (unpaired) electrons. The van der Waals surface area contributed by atoms with Gasteiger partial charge in [0.1, 0.15) is 12.1 Å². The smallest absolute Gasteiger partial charge is 0.257 e. The molecule has 1 aromatic carbocycles. The number of likely N-dealkylation sites (tertiary alicyclic amines) is 1. The summed E-state index contributed by atoms with van der Waals surface area (Å²) in [5.41, 5.74) is 4.18. The lowest BCUT2D eigenvalue weighted by Crippen LogP contribution is -2.38. The highest BCUT2D eigenvalue weighted by atomic mass is 19.1. The van der Waals surface area contributed by atoms with Crippen LogP contribution in [0.4, 0.5) is 4.39 Å². The van der Waals surface area contributed by atoms with Crippen LogP contribution in [0.25, 0.3) is 11.1 Å². The van der Waals surface area contributed by atoms with E-state index in [-0.39, 0.29) is 17.6 Å². The lowest BCUT2D eigenvalue weighted by atomic mass is 9.89. The molecular weight excluding hydrogens is 369 g/mol. The molecule has 7 heteroatoms. The zero-order valence-electron chi connectivity index (χ0n) is 16.4. The van der Waals surface area contributed by atoms with Gasteiger partial charge in [-0.15, -0.1) is 0 Å². The number of nitrogens with one attached hydrogen (secondary N) is 1. The first-order chi connectivity index (χ1) is 14.2. The Kier molecular flexibility index (Phi) is 5.64. The average Bonchev–Trinajstić information content (AvgIpc) is 3.24. The van der Waals surface area contributed by atoms with Gasteiger partial charge in [0.2, 0.25) is 0 Å². The van der Waals surface area contributed by atoms with Crippen LogP contribution in [0.5, 0.6) is 0 Å². The number of benzene rings is 1. The molecule has 0 saturated carbocycles. The van der Waals surface area contributed by atoms with Crippen LogP contribution in [0.2, 0.25) is 0 Å². The minimum atomic E-state index is -0.261. The Morgan fingerprint density at radius 2 is 2.10 bits per heavy atom. The van der Waals surface area contributed by atoms with Crippen molar-refractivity contribution in [3.63, 3.8) is 0 Å². The number of hydrogen-bond donors (Lipinski definition) is 1. The van der Waals surface area contributed by atoms with Gasteiger partial charge >= 0.3 is 0 Å². The van der Waals surface area contributed by atoms with Gasteiger partial charge in [0.25, 0.3) is 5.91 Å². The van der Waals surface area contributed by atoms with E-state index >= 15 is 0 Å². The topological polar surface area (TPSA) is 74.8 Å². The monoisotopic (exact) mass is 393 g/mol. The summed E-state index contributed by atoms with van der Waals surface area (Å²) >= 11 is 0. The molecule has 150 valence electrons. The van der Waals surface area contributed by atoms with Gasteiger partial charge in [-0.2, -0.15) is 5.10 Å². The van der Waals surface area contributed by atoms with Crippen molar-refractivity contribution in [1.29, 1.82) is 0 Å². The molecule has 0 atom stereocenters. The Hall–Kier alpha value is -3.09. The first-order valence-electron chi connectivity index (χ1n) is 10.0. The lowest BCUT2D eigenvalue weighted by molar-refractivity contribution is 0.0710. The molecule has 0 spiro atoms. The van der Waals surface area contributed by atoms with Gasteiger partial charge in [0.05, 0.1) is 17.5 Å². The van der Waals surface area contributed by atoms with Crippen molar-refractivity contribution in [3.8, 4) is 11.1 Å². The first kappa shape index (κ1) is 19.2. The molecule has 0 aliphatic carbocycles. The Morgan fingerprint density at radius 3 is 2.86 bits per heavy atom. The Labute approximate surface area is 169 Å². The van der Waals surface area contributed by atoms with Crippen molar-refractivity contribution in [2.75, 3.05) is 13.1 Å². The minimum Gasteiger partial charge on any atom is -0.338 e. The molecule has 3 heterocycles. The molecule has 6 nitrogen and oxygen atoms in total. The zero-order valence-corrected chi connectivity index (χ0v) is 16.4. The predicted octanol–water partition coefficient (Wildman–Crippen LogP) is 3.98. The SMILES string of the molecule is CCCc1ncncc1C(=O)N1CCC(c2[nH]ncc2-c2cccc(F)c2)CC1. The summed E-state index contributed by atoms with van der Waals surface area (Å²) in [4.78, 5) is 23.2. The number of hydrogen-bond acceptors (Lipinski definition) is 4. The van der Waals surface area contributed by atoms with Crippen molar-refractivity contribution in [3.05, 3.63) is 65.8 Å². The summed E-state index contributed by atoms with van der Waals surface area (Å²) in [7, 11) is 0. The van der Waals surface area contributed by atoms with Crippen LogP contribution in [-0.2, 0) is 6.42 Å². The van der Waals surface area contributed by atoms with Crippen LogP contribution in [0.1, 0.15) is 53.8 Å². The third kappa shape index (κ3) is 4.04. The summed E-state index contributed by atoms with van der Waals surface area (Å²) < 4.78 is 13.6. The summed E-state index contributed by atoms with van der Waals surface area (Å²) in [6.45, 7) is 3.39. The Balaban J connectivity index is 1.47. The molecule has 1 saturated heterocycles. The Morgan fingerprint density at radius 1 is 1.28 bits per heavy atom. The van der Waals surface area contributed by atoms with Crippen LogP contribution < -0.4 is 0 Å². The van der Waals surface area contributed by atoms with E-state index in [0.717, 1.165) is 48.2 Å². The van der Waals surface area contributed by atoms with Gasteiger partial charge in [-0.05, 0) is 37.0 Å². The molecule has 1 aliphatic heterocycles. The first-order valence-corrected chi connectivity index (χ1v) is 10.0. The highest BCUT2D eigenvalue weighted by Crippen LogP contribution is 2.34. The summed E-state index contributed by atoms with van der Waals surface area (Å²) in [6.07, 6.45) is 8.23. The minimum absolute atomic E-state index is 0.00228. The van der Waals surface area contributed by atoms with Crippen LogP contribution in [0.15, 0.2) is 43.0 Å². The second-order valence-corrected chi connectivity index (χ2v) is 7.41. The van der Waals surface area contributed by atoms with E-state index in [2.05, 4.69) is 27.1 Å². The van der Waals surface area contributed by atoms with Crippen LogP contribution in [0, 0.1) is 5.82 Å². The number of aryl methyl sites for hydroxylation is 1. The number of halogens is 1. The van der Waals surface area contributed by atoms with E-state index in [0.29, 0.717) is 18.7 Å². The number of aromatic nitrogens is 4. The van der Waals surface area contributed by atoms with E-state index < -0.39 is 0 Å². The van der Waals surface area contributed by atoms with Gasteiger partial charge in [0, 0.05) is 36.5 Å². The number of carbonyl (C=O) groups excluding carboxylic acids is 1. The largest absolute Gasteiger partial charge is 0.338 e. The lowest BCUT2D eigenvalue weighted by Gasteiger charge is -2.32. The number of H-pyrrole nitrogens is 1. The van der Waals surface area contributed by atoms with Crippen molar-refractivity contribution in [2.45, 2.75) is 38.5 Å². The molecule has 1 amide bonds. The van der Waals surface area contributed by atoms with Crippen LogP contribution >= 0.6 is 0 Å². The molecule has 0 bridgehead atoms. The Bertz CT molecular complexity index is 994. The third-order valence-electron chi connectivity index (χ3n) is 5.51. The standard InChI is InChI=1S/C22H24FN5O/c1-2-4-20-19(12-24-14-25-20)22(29)28-9-7-15(8-10-28)21-18(13-26-27-21)16-5-3-6-17(23)11-16/h3,5-6,11-15H,2,4,7-10H2,1H3,(H,26,27). The highest BCUT2D eigenvalue weighted by molar-refractivity contribution is 5.95. The fourth-order valence-corrected chi connectivity index (χ4v) is 4.00. The van der Waals surface area contributed by atoms with Gasteiger partial charge in [0.15, 0.2) is 0 Å². The van der Waals surface area contributed by atoms with Crippen LogP contribution in [0.3, 0.4) is 0 Å². The molecule has 4 rings (SSSR count). The summed E-state index contributed by atoms with van der Waals surface area (Å²) in [6, 6.07) is 6.56. The van der Waals surface area contributed by atoms with Crippen molar-refractivity contribution in [2.24, 2.45) is 0 Å². The van der Waals surface area contributed by atoms with Gasteiger partial charge < -0.3 is 4.90 Å². The molecule has 1 N–H and O–H groups in total. The molecule has 3 aromatic rings. The molecule has 2 aromatic heterocycles. The summed E-state index contributed by atoms with van der Waals surface area (Å²) in [5, 5.41) is 7.29. The molecular formula is C22H24FN5O. The quantitative estimate of drug-likeness (QED) is 0.712.